The van der Waals surface area contributed by atoms with Crippen molar-refractivity contribution >= 4 is 12.1 Å². The van der Waals surface area contributed by atoms with Crippen molar-refractivity contribution in [2.45, 2.75) is 77.9 Å². The van der Waals surface area contributed by atoms with E-state index < -0.39 is 5.60 Å². The molecule has 1 fully saturated rings. The third kappa shape index (κ3) is 9.26. The highest BCUT2D eigenvalue weighted by Gasteiger charge is 2.24. The van der Waals surface area contributed by atoms with Crippen LogP contribution in [-0.2, 0) is 14.3 Å². The third-order valence-corrected chi connectivity index (χ3v) is 3.85. The number of ether oxygens (including phenoxy) is 2. The molecule has 1 saturated carbocycles. The van der Waals surface area contributed by atoms with Crippen LogP contribution in [0.3, 0.4) is 0 Å². The van der Waals surface area contributed by atoms with Crippen LogP contribution in [0, 0.1) is 5.92 Å². The smallest absolute Gasteiger partial charge is 0.407 e. The molecule has 0 aromatic heterocycles. The lowest BCUT2D eigenvalue weighted by Gasteiger charge is -2.30. The highest BCUT2D eigenvalue weighted by Crippen LogP contribution is 2.28. The van der Waals surface area contributed by atoms with Crippen LogP contribution < -0.4 is 5.32 Å². The third-order valence-electron chi connectivity index (χ3n) is 3.85. The lowest BCUT2D eigenvalue weighted by atomic mass is 9.83. The van der Waals surface area contributed by atoms with Crippen LogP contribution in [0.4, 0.5) is 4.79 Å². The summed E-state index contributed by atoms with van der Waals surface area (Å²) < 4.78 is 10.1. The number of rotatable bonds is 6. The van der Waals surface area contributed by atoms with Gasteiger partial charge in [0.15, 0.2) is 0 Å². The Hall–Kier alpha value is -1.52. The minimum Gasteiger partial charge on any atom is -0.463 e. The van der Waals surface area contributed by atoms with E-state index in [0.29, 0.717) is 12.5 Å². The Kier molecular flexibility index (Phi) is 8.13. The molecule has 5 heteroatoms. The largest absolute Gasteiger partial charge is 0.463 e. The van der Waals surface area contributed by atoms with E-state index in [4.69, 9.17) is 9.47 Å². The first-order valence-corrected chi connectivity index (χ1v) is 8.63. The van der Waals surface area contributed by atoms with E-state index >= 15 is 0 Å². The fraction of sp³-hybridized carbons (Fsp3) is 0.778. The molecule has 0 bridgehead atoms. The van der Waals surface area contributed by atoms with Crippen LogP contribution >= 0.6 is 0 Å². The SMILES string of the molecule is CCOC(=O)/C=C/CC[C@H]1CC[C@H](NC(=O)OC(C)(C)C)CC1. The second-order valence-corrected chi connectivity index (χ2v) is 7.10. The zero-order chi connectivity index (χ0) is 17.3. The number of alkyl carbamates (subject to hydrolysis) is 1. The van der Waals surface area contributed by atoms with Crippen LogP contribution in [0.2, 0.25) is 0 Å². The Morgan fingerprint density at radius 2 is 1.83 bits per heavy atom. The molecule has 5 nitrogen and oxygen atoms in total. The number of carbonyl (C=O) groups excluding carboxylic acids is 2. The second-order valence-electron chi connectivity index (χ2n) is 7.10. The van der Waals surface area contributed by atoms with Crippen molar-refractivity contribution in [2.24, 2.45) is 5.92 Å². The van der Waals surface area contributed by atoms with Gasteiger partial charge < -0.3 is 14.8 Å². The summed E-state index contributed by atoms with van der Waals surface area (Å²) in [5.74, 6) is 0.399. The van der Waals surface area contributed by atoms with E-state index in [2.05, 4.69) is 5.32 Å². The van der Waals surface area contributed by atoms with E-state index in [1.54, 1.807) is 6.92 Å². The van der Waals surface area contributed by atoms with Crippen LogP contribution in [0.5, 0.6) is 0 Å². The first-order chi connectivity index (χ1) is 10.8. The average Bonchev–Trinajstić information content (AvgIpc) is 2.43. The van der Waals surface area contributed by atoms with Crippen molar-refractivity contribution in [3.63, 3.8) is 0 Å². The predicted molar refractivity (Wildman–Crippen MR) is 90.1 cm³/mol. The molecule has 0 aromatic rings. The van der Waals surface area contributed by atoms with Gasteiger partial charge in [-0.15, -0.1) is 0 Å². The van der Waals surface area contributed by atoms with Gasteiger partial charge in [-0.05, 0) is 72.1 Å². The van der Waals surface area contributed by atoms with Gasteiger partial charge in [-0.1, -0.05) is 6.08 Å². The molecule has 0 unspecified atom stereocenters. The van der Waals surface area contributed by atoms with Crippen molar-refractivity contribution in [3.8, 4) is 0 Å². The van der Waals surface area contributed by atoms with Gasteiger partial charge in [0, 0.05) is 12.1 Å². The lowest BCUT2D eigenvalue weighted by molar-refractivity contribution is -0.137. The highest BCUT2D eigenvalue weighted by atomic mass is 16.6. The molecule has 0 radical (unpaired) electrons. The Bertz CT molecular complexity index is 404. The lowest BCUT2D eigenvalue weighted by Crippen LogP contribution is -2.40. The summed E-state index contributed by atoms with van der Waals surface area (Å²) in [4.78, 5) is 22.9. The van der Waals surface area contributed by atoms with E-state index in [1.807, 2.05) is 26.8 Å². The Morgan fingerprint density at radius 3 is 2.39 bits per heavy atom. The van der Waals surface area contributed by atoms with Gasteiger partial charge in [-0.3, -0.25) is 0 Å². The van der Waals surface area contributed by atoms with Crippen LogP contribution in [-0.4, -0.2) is 30.3 Å². The number of carbonyl (C=O) groups is 2. The highest BCUT2D eigenvalue weighted by molar-refractivity contribution is 5.81. The van der Waals surface area contributed by atoms with Gasteiger partial charge in [0.2, 0.25) is 0 Å². The summed E-state index contributed by atoms with van der Waals surface area (Å²) in [6.45, 7) is 7.82. The molecule has 1 N–H and O–H groups in total. The molecule has 0 spiro atoms. The molecular weight excluding hydrogens is 294 g/mol. The number of allylic oxidation sites excluding steroid dienone is 1. The number of hydrogen-bond acceptors (Lipinski definition) is 4. The molecule has 0 aromatic carbocycles. The molecule has 0 atom stereocenters. The number of esters is 1. The van der Waals surface area contributed by atoms with Crippen molar-refractivity contribution in [3.05, 3.63) is 12.2 Å². The standard InChI is InChI=1S/C18H31NO4/c1-5-22-16(20)9-7-6-8-14-10-12-15(13-11-14)19-17(21)23-18(2,3)4/h7,9,14-15H,5-6,8,10-13H2,1-4H3,(H,19,21)/b9-7+/t14-,15-. The van der Waals surface area contributed by atoms with Gasteiger partial charge in [0.25, 0.3) is 0 Å². The number of nitrogens with one attached hydrogen (secondary N) is 1. The van der Waals surface area contributed by atoms with E-state index in [0.717, 1.165) is 38.5 Å². The van der Waals surface area contributed by atoms with Crippen LogP contribution in [0.1, 0.15) is 66.2 Å². The first-order valence-electron chi connectivity index (χ1n) is 8.63. The fourth-order valence-corrected chi connectivity index (χ4v) is 2.77. The first kappa shape index (κ1) is 19.5. The molecule has 0 aliphatic heterocycles. The summed E-state index contributed by atoms with van der Waals surface area (Å²) in [6.07, 6.45) is 9.25. The molecule has 1 amide bonds. The molecule has 132 valence electrons. The summed E-state index contributed by atoms with van der Waals surface area (Å²) >= 11 is 0. The van der Waals surface area contributed by atoms with Crippen molar-refractivity contribution < 1.29 is 19.1 Å². The summed E-state index contributed by atoms with van der Waals surface area (Å²) in [5.41, 5.74) is -0.452. The van der Waals surface area contributed by atoms with Crippen molar-refractivity contribution in [2.75, 3.05) is 6.61 Å². The van der Waals surface area contributed by atoms with Crippen LogP contribution in [0.15, 0.2) is 12.2 Å². The van der Waals surface area contributed by atoms with Gasteiger partial charge in [0.1, 0.15) is 5.60 Å². The molecule has 23 heavy (non-hydrogen) atoms. The van der Waals surface area contributed by atoms with Crippen molar-refractivity contribution in [1.82, 2.24) is 5.32 Å². The van der Waals surface area contributed by atoms with Gasteiger partial charge >= 0.3 is 12.1 Å². The van der Waals surface area contributed by atoms with Crippen LogP contribution in [0.25, 0.3) is 0 Å². The zero-order valence-electron chi connectivity index (χ0n) is 14.9. The maximum atomic E-state index is 11.8. The van der Waals surface area contributed by atoms with Crippen molar-refractivity contribution in [1.29, 1.82) is 0 Å². The second kappa shape index (κ2) is 9.58. The average molecular weight is 325 g/mol. The molecule has 0 heterocycles. The number of hydrogen-bond donors (Lipinski definition) is 1. The Morgan fingerprint density at radius 1 is 1.17 bits per heavy atom. The molecule has 1 aliphatic carbocycles. The summed E-state index contributed by atoms with van der Waals surface area (Å²) in [6, 6.07) is 0.219. The van der Waals surface area contributed by atoms with Gasteiger partial charge in [-0.2, -0.15) is 0 Å². The van der Waals surface area contributed by atoms with E-state index in [-0.39, 0.29) is 18.1 Å². The normalized spacial score (nSPS) is 21.9. The predicted octanol–water partition coefficient (Wildman–Crippen LogP) is 3.97. The minimum absolute atomic E-state index is 0.219. The minimum atomic E-state index is -0.452. The Balaban J connectivity index is 2.18. The topological polar surface area (TPSA) is 64.6 Å². The van der Waals surface area contributed by atoms with Gasteiger partial charge in [-0.25, -0.2) is 9.59 Å². The molecule has 0 saturated heterocycles. The quantitative estimate of drug-likeness (QED) is 0.593. The molecular formula is C18H31NO4. The Labute approximate surface area is 139 Å². The molecule has 1 aliphatic rings. The monoisotopic (exact) mass is 325 g/mol. The number of amides is 1. The fourth-order valence-electron chi connectivity index (χ4n) is 2.77. The summed E-state index contributed by atoms with van der Waals surface area (Å²) in [7, 11) is 0. The van der Waals surface area contributed by atoms with Gasteiger partial charge in [0.05, 0.1) is 6.61 Å². The van der Waals surface area contributed by atoms with E-state index in [9.17, 15) is 9.59 Å². The maximum absolute atomic E-state index is 11.8. The molecule has 1 rings (SSSR count). The maximum Gasteiger partial charge on any atom is 0.407 e. The zero-order valence-corrected chi connectivity index (χ0v) is 14.9. The summed E-state index contributed by atoms with van der Waals surface area (Å²) in [5, 5.41) is 2.96. The van der Waals surface area contributed by atoms with E-state index in [1.165, 1.54) is 6.08 Å².